The van der Waals surface area contributed by atoms with Gasteiger partial charge in [-0.1, -0.05) is 49.7 Å². The summed E-state index contributed by atoms with van der Waals surface area (Å²) in [4.78, 5) is 63.3. The standard InChI is InChI=1S/C28H26N4O7/c1-2-7-24-26(34)29-21-16-18(25(33)30-22(28(36)37)14-17-8-4-3-5-9-17)12-13-23(21)31(24)27(35)19-10-6-11-20(15-19)32(38)39/h3-6,8-13,15-16,22,24H,2,7,14H2,1H3,(H,29,34)(H,30,33)(H,36,37). The molecule has 3 N–H and O–H groups in total. The van der Waals surface area contributed by atoms with E-state index in [1.807, 2.05) is 6.92 Å². The Hall–Kier alpha value is -5.06. The fourth-order valence-electron chi connectivity index (χ4n) is 4.46. The molecule has 11 nitrogen and oxygen atoms in total. The molecule has 0 saturated heterocycles. The lowest BCUT2D eigenvalue weighted by Crippen LogP contribution is -2.51. The maximum Gasteiger partial charge on any atom is 0.326 e. The van der Waals surface area contributed by atoms with Gasteiger partial charge in [0.25, 0.3) is 17.5 Å². The number of hydrogen-bond donors (Lipinski definition) is 3. The summed E-state index contributed by atoms with van der Waals surface area (Å²) < 4.78 is 0. The second kappa shape index (κ2) is 11.5. The summed E-state index contributed by atoms with van der Waals surface area (Å²) in [5, 5.41) is 26.1. The average Bonchev–Trinajstić information content (AvgIpc) is 2.93. The van der Waals surface area contributed by atoms with Gasteiger partial charge in [-0.2, -0.15) is 0 Å². The second-order valence-electron chi connectivity index (χ2n) is 9.06. The highest BCUT2D eigenvalue weighted by Crippen LogP contribution is 2.36. The smallest absolute Gasteiger partial charge is 0.326 e. The van der Waals surface area contributed by atoms with Crippen LogP contribution in [-0.2, 0) is 16.0 Å². The van der Waals surface area contributed by atoms with Crippen molar-refractivity contribution in [1.82, 2.24) is 5.32 Å². The highest BCUT2D eigenvalue weighted by molar-refractivity contribution is 6.17. The molecule has 1 aliphatic rings. The molecule has 200 valence electrons. The molecule has 1 heterocycles. The first-order valence-corrected chi connectivity index (χ1v) is 12.3. The number of anilines is 2. The maximum atomic E-state index is 13.6. The number of carboxylic acid groups (broad SMARTS) is 1. The van der Waals surface area contributed by atoms with E-state index in [2.05, 4.69) is 10.6 Å². The van der Waals surface area contributed by atoms with Gasteiger partial charge in [0.2, 0.25) is 5.91 Å². The van der Waals surface area contributed by atoms with E-state index in [1.54, 1.807) is 30.3 Å². The maximum absolute atomic E-state index is 13.6. The van der Waals surface area contributed by atoms with Crippen molar-refractivity contribution in [2.24, 2.45) is 0 Å². The molecule has 3 aromatic carbocycles. The van der Waals surface area contributed by atoms with E-state index in [9.17, 15) is 34.4 Å². The summed E-state index contributed by atoms with van der Waals surface area (Å²) in [7, 11) is 0. The number of fused-ring (bicyclic) bond motifs is 1. The van der Waals surface area contributed by atoms with Crippen molar-refractivity contribution in [1.29, 1.82) is 0 Å². The van der Waals surface area contributed by atoms with Gasteiger partial charge in [0.05, 0.1) is 16.3 Å². The summed E-state index contributed by atoms with van der Waals surface area (Å²) in [6, 6.07) is 16.4. The van der Waals surface area contributed by atoms with Crippen LogP contribution < -0.4 is 15.5 Å². The van der Waals surface area contributed by atoms with Crippen molar-refractivity contribution in [3.05, 3.63) is 99.6 Å². The van der Waals surface area contributed by atoms with Crippen molar-refractivity contribution in [2.45, 2.75) is 38.3 Å². The minimum Gasteiger partial charge on any atom is -0.480 e. The number of non-ortho nitro benzene ring substituents is 1. The number of carbonyl (C=O) groups is 4. The van der Waals surface area contributed by atoms with Gasteiger partial charge in [0, 0.05) is 29.7 Å². The number of hydrogen-bond acceptors (Lipinski definition) is 6. The summed E-state index contributed by atoms with van der Waals surface area (Å²) in [6.45, 7) is 1.86. The summed E-state index contributed by atoms with van der Waals surface area (Å²) in [5.41, 5.74) is 1.11. The van der Waals surface area contributed by atoms with Crippen LogP contribution in [0.5, 0.6) is 0 Å². The first-order chi connectivity index (χ1) is 18.7. The zero-order valence-corrected chi connectivity index (χ0v) is 21.0. The van der Waals surface area contributed by atoms with Gasteiger partial charge in [-0.3, -0.25) is 29.4 Å². The molecule has 0 radical (unpaired) electrons. The third-order valence-electron chi connectivity index (χ3n) is 6.36. The predicted molar refractivity (Wildman–Crippen MR) is 143 cm³/mol. The van der Waals surface area contributed by atoms with Crippen LogP contribution in [0.3, 0.4) is 0 Å². The molecule has 2 unspecified atom stereocenters. The highest BCUT2D eigenvalue weighted by atomic mass is 16.6. The first-order valence-electron chi connectivity index (χ1n) is 12.3. The Morgan fingerprint density at radius 1 is 1.05 bits per heavy atom. The van der Waals surface area contributed by atoms with Crippen molar-refractivity contribution in [3.8, 4) is 0 Å². The average molecular weight is 531 g/mol. The van der Waals surface area contributed by atoms with Gasteiger partial charge in [-0.25, -0.2) is 4.79 Å². The molecule has 1 aliphatic heterocycles. The van der Waals surface area contributed by atoms with Gasteiger partial charge < -0.3 is 15.7 Å². The third kappa shape index (κ3) is 5.93. The molecule has 0 aromatic heterocycles. The summed E-state index contributed by atoms with van der Waals surface area (Å²) in [5.74, 6) is -2.93. The van der Waals surface area contributed by atoms with E-state index >= 15 is 0 Å². The number of aliphatic carboxylic acids is 1. The van der Waals surface area contributed by atoms with Crippen molar-refractivity contribution in [2.75, 3.05) is 10.2 Å². The second-order valence-corrected chi connectivity index (χ2v) is 9.06. The van der Waals surface area contributed by atoms with Crippen LogP contribution in [0.1, 0.15) is 46.0 Å². The van der Waals surface area contributed by atoms with E-state index < -0.39 is 40.7 Å². The largest absolute Gasteiger partial charge is 0.480 e. The molecular formula is C28H26N4O7. The fraction of sp³-hybridized carbons (Fsp3) is 0.214. The molecule has 3 amide bonds. The minimum atomic E-state index is -1.20. The molecule has 0 fully saturated rings. The normalized spacial score (nSPS) is 15.1. The Balaban J connectivity index is 1.64. The van der Waals surface area contributed by atoms with Crippen LogP contribution in [0.15, 0.2) is 72.8 Å². The highest BCUT2D eigenvalue weighted by Gasteiger charge is 2.37. The number of nitrogens with one attached hydrogen (secondary N) is 2. The van der Waals surface area contributed by atoms with Crippen LogP contribution >= 0.6 is 0 Å². The zero-order chi connectivity index (χ0) is 28.1. The molecule has 11 heteroatoms. The number of rotatable bonds is 9. The zero-order valence-electron chi connectivity index (χ0n) is 21.0. The third-order valence-corrected chi connectivity index (χ3v) is 6.36. The van der Waals surface area contributed by atoms with E-state index in [0.717, 1.165) is 11.6 Å². The minimum absolute atomic E-state index is 0.0398. The number of nitro groups is 1. The van der Waals surface area contributed by atoms with E-state index in [4.69, 9.17) is 0 Å². The SMILES string of the molecule is CCCC1C(=O)Nc2cc(C(=O)NC(Cc3ccccc3)C(=O)O)ccc2N1C(=O)c1cccc([N+](=O)[O-])c1. The molecule has 0 aliphatic carbocycles. The Labute approximate surface area is 223 Å². The fourth-order valence-corrected chi connectivity index (χ4v) is 4.46. The van der Waals surface area contributed by atoms with Gasteiger partial charge in [0.1, 0.15) is 12.1 Å². The molecule has 2 atom stereocenters. The Morgan fingerprint density at radius 2 is 1.79 bits per heavy atom. The van der Waals surface area contributed by atoms with E-state index in [1.165, 1.54) is 41.3 Å². The lowest BCUT2D eigenvalue weighted by molar-refractivity contribution is -0.384. The monoisotopic (exact) mass is 530 g/mol. The molecule has 4 rings (SSSR count). The predicted octanol–water partition coefficient (Wildman–Crippen LogP) is 3.79. The molecule has 3 aromatic rings. The Bertz CT molecular complexity index is 1440. The Morgan fingerprint density at radius 3 is 2.46 bits per heavy atom. The number of nitro benzene ring substituents is 1. The number of nitrogens with zero attached hydrogens (tertiary/aromatic N) is 2. The lowest BCUT2D eigenvalue weighted by atomic mass is 10.00. The Kier molecular flexibility index (Phi) is 7.99. The molecule has 0 spiro atoms. The van der Waals surface area contributed by atoms with E-state index in [0.29, 0.717) is 18.5 Å². The van der Waals surface area contributed by atoms with Gasteiger partial charge in [-0.05, 0) is 36.2 Å². The molecule has 0 bridgehead atoms. The van der Waals surface area contributed by atoms with Crippen LogP contribution in [0, 0.1) is 10.1 Å². The topological polar surface area (TPSA) is 159 Å². The first kappa shape index (κ1) is 27.0. The number of amides is 3. The van der Waals surface area contributed by atoms with Crippen LogP contribution in [0.2, 0.25) is 0 Å². The van der Waals surface area contributed by atoms with Gasteiger partial charge >= 0.3 is 5.97 Å². The van der Waals surface area contributed by atoms with Gasteiger partial charge in [-0.15, -0.1) is 0 Å². The van der Waals surface area contributed by atoms with Crippen LogP contribution in [0.25, 0.3) is 0 Å². The number of benzene rings is 3. The molecular weight excluding hydrogens is 504 g/mol. The molecule has 39 heavy (non-hydrogen) atoms. The lowest BCUT2D eigenvalue weighted by Gasteiger charge is -2.36. The summed E-state index contributed by atoms with van der Waals surface area (Å²) >= 11 is 0. The number of carbonyl (C=O) groups excluding carboxylic acids is 3. The van der Waals surface area contributed by atoms with E-state index in [-0.39, 0.29) is 28.9 Å². The van der Waals surface area contributed by atoms with Crippen molar-refractivity contribution < 1.29 is 29.2 Å². The quantitative estimate of drug-likeness (QED) is 0.280. The van der Waals surface area contributed by atoms with Crippen LogP contribution in [-0.4, -0.2) is 45.8 Å². The van der Waals surface area contributed by atoms with Gasteiger partial charge in [0.15, 0.2) is 0 Å². The summed E-state index contributed by atoms with van der Waals surface area (Å²) in [6.07, 6.45) is 1.01. The van der Waals surface area contributed by atoms with Crippen LogP contribution in [0.4, 0.5) is 17.1 Å². The van der Waals surface area contributed by atoms with Crippen molar-refractivity contribution >= 4 is 40.8 Å². The van der Waals surface area contributed by atoms with Crippen molar-refractivity contribution in [3.63, 3.8) is 0 Å². The molecule has 0 saturated carbocycles. The number of carboxylic acids is 1.